The average Bonchev–Trinajstić information content (AvgIpc) is 3.31. The van der Waals surface area contributed by atoms with Crippen LogP contribution in [-0.4, -0.2) is 5.91 Å². The van der Waals surface area contributed by atoms with Crippen LogP contribution in [0, 0.1) is 0 Å². The highest BCUT2D eigenvalue weighted by Crippen LogP contribution is 2.40. The monoisotopic (exact) mass is 344 g/mol. The lowest BCUT2D eigenvalue weighted by atomic mass is 10.0. The molecule has 1 fully saturated rings. The smallest absolute Gasteiger partial charge is 0.244 e. The Balaban J connectivity index is 1.85. The van der Waals surface area contributed by atoms with Crippen LogP contribution in [0.25, 0.3) is 0 Å². The molecule has 4 heteroatoms. The van der Waals surface area contributed by atoms with Crippen molar-refractivity contribution < 1.29 is 4.79 Å². The fraction of sp³-hybridized carbons (Fsp3) is 0.235. The minimum absolute atomic E-state index is 0.370. The Morgan fingerprint density at radius 2 is 1.90 bits per heavy atom. The molecule has 1 aliphatic carbocycles. The van der Waals surface area contributed by atoms with Gasteiger partial charge in [-0.3, -0.25) is 4.79 Å². The maximum atomic E-state index is 11.8. The molecule has 0 heterocycles. The van der Waals surface area contributed by atoms with E-state index in [2.05, 4.69) is 33.4 Å². The summed E-state index contributed by atoms with van der Waals surface area (Å²) >= 11 is 3.40. The topological polar surface area (TPSA) is 55.1 Å². The fourth-order valence-corrected chi connectivity index (χ4v) is 2.71. The van der Waals surface area contributed by atoms with Crippen molar-refractivity contribution in [2.45, 2.75) is 24.8 Å². The van der Waals surface area contributed by atoms with E-state index < -0.39 is 6.04 Å². The molecule has 1 aliphatic rings. The number of amides is 1. The van der Waals surface area contributed by atoms with E-state index in [4.69, 9.17) is 5.73 Å². The summed E-state index contributed by atoms with van der Waals surface area (Å²) in [5, 5.41) is 3.21. The summed E-state index contributed by atoms with van der Waals surface area (Å²) in [5.74, 6) is 0.289. The summed E-state index contributed by atoms with van der Waals surface area (Å²) < 4.78 is 0.999. The third-order valence-corrected chi connectivity index (χ3v) is 4.26. The molecule has 1 amide bonds. The van der Waals surface area contributed by atoms with Gasteiger partial charge in [0.2, 0.25) is 5.91 Å². The van der Waals surface area contributed by atoms with Crippen molar-refractivity contribution in [2.75, 3.05) is 5.32 Å². The molecular formula is C17H17BrN2O. The fourth-order valence-electron chi connectivity index (χ4n) is 2.44. The lowest BCUT2D eigenvalue weighted by Crippen LogP contribution is -2.27. The molecule has 1 unspecified atom stereocenters. The first kappa shape index (κ1) is 14.1. The van der Waals surface area contributed by atoms with Gasteiger partial charge in [0.15, 0.2) is 0 Å². The van der Waals surface area contributed by atoms with E-state index >= 15 is 0 Å². The van der Waals surface area contributed by atoms with E-state index in [-0.39, 0.29) is 5.91 Å². The minimum atomic E-state index is -0.509. The molecule has 2 aromatic rings. The maximum Gasteiger partial charge on any atom is 0.244 e. The van der Waals surface area contributed by atoms with Crippen molar-refractivity contribution in [3.8, 4) is 0 Å². The first-order valence-electron chi connectivity index (χ1n) is 7.05. The van der Waals surface area contributed by atoms with Gasteiger partial charge in [0.1, 0.15) is 6.04 Å². The summed E-state index contributed by atoms with van der Waals surface area (Å²) in [6.07, 6.45) is 2.48. The summed E-state index contributed by atoms with van der Waals surface area (Å²) in [6, 6.07) is 15.4. The molecule has 1 atom stereocenters. The molecule has 0 saturated heterocycles. The quantitative estimate of drug-likeness (QED) is 0.862. The van der Waals surface area contributed by atoms with Crippen LogP contribution in [0.2, 0.25) is 0 Å². The predicted molar refractivity (Wildman–Crippen MR) is 88.1 cm³/mol. The van der Waals surface area contributed by atoms with E-state index in [0.29, 0.717) is 5.92 Å². The Morgan fingerprint density at radius 1 is 1.19 bits per heavy atom. The number of hydrogen-bond acceptors (Lipinski definition) is 2. The first-order valence-corrected chi connectivity index (χ1v) is 7.84. The standard InChI is InChI=1S/C17H17BrN2O/c18-14-6-8-15(9-7-14)20-16(17(19)21)13-3-1-2-12(10-13)11-4-5-11/h1-3,6-11,16,20H,4-5H2,(H2,19,21). The van der Waals surface area contributed by atoms with Crippen molar-refractivity contribution in [1.29, 1.82) is 0 Å². The van der Waals surface area contributed by atoms with E-state index in [1.54, 1.807) is 0 Å². The van der Waals surface area contributed by atoms with Gasteiger partial charge in [-0.15, -0.1) is 0 Å². The molecule has 2 aromatic carbocycles. The Morgan fingerprint density at radius 3 is 2.52 bits per heavy atom. The SMILES string of the molecule is NC(=O)C(Nc1ccc(Br)cc1)c1cccc(C2CC2)c1. The summed E-state index contributed by atoms with van der Waals surface area (Å²) in [7, 11) is 0. The highest BCUT2D eigenvalue weighted by Gasteiger charge is 2.25. The second-order valence-electron chi connectivity index (χ2n) is 5.43. The van der Waals surface area contributed by atoms with Crippen molar-refractivity contribution in [3.05, 3.63) is 64.1 Å². The number of rotatable bonds is 5. The Hall–Kier alpha value is -1.81. The van der Waals surface area contributed by atoms with E-state index in [0.717, 1.165) is 15.7 Å². The summed E-state index contributed by atoms with van der Waals surface area (Å²) in [5.41, 5.74) is 8.68. The normalized spacial score (nSPS) is 15.5. The van der Waals surface area contributed by atoms with Crippen LogP contribution in [-0.2, 0) is 4.79 Å². The first-order chi connectivity index (χ1) is 10.1. The number of nitrogens with one attached hydrogen (secondary N) is 1. The molecule has 21 heavy (non-hydrogen) atoms. The number of carbonyl (C=O) groups is 1. The highest BCUT2D eigenvalue weighted by molar-refractivity contribution is 9.10. The number of primary amides is 1. The predicted octanol–water partition coefficient (Wildman–Crippen LogP) is 3.97. The number of nitrogens with two attached hydrogens (primary N) is 1. The number of carbonyl (C=O) groups excluding carboxylic acids is 1. The average molecular weight is 345 g/mol. The molecule has 3 N–H and O–H groups in total. The van der Waals surface area contributed by atoms with E-state index in [1.165, 1.54) is 18.4 Å². The van der Waals surface area contributed by atoms with Gasteiger partial charge in [-0.2, -0.15) is 0 Å². The van der Waals surface area contributed by atoms with Crippen molar-refractivity contribution in [2.24, 2.45) is 5.73 Å². The Bertz CT molecular complexity index is 650. The number of anilines is 1. The van der Waals surface area contributed by atoms with Crippen molar-refractivity contribution >= 4 is 27.5 Å². The summed E-state index contributed by atoms with van der Waals surface area (Å²) in [6.45, 7) is 0. The van der Waals surface area contributed by atoms with E-state index in [1.807, 2.05) is 36.4 Å². The van der Waals surface area contributed by atoms with Crippen molar-refractivity contribution in [3.63, 3.8) is 0 Å². The van der Waals surface area contributed by atoms with E-state index in [9.17, 15) is 4.79 Å². The number of hydrogen-bond donors (Lipinski definition) is 2. The molecule has 3 rings (SSSR count). The Labute approximate surface area is 132 Å². The molecule has 0 bridgehead atoms. The number of benzene rings is 2. The van der Waals surface area contributed by atoms with Crippen LogP contribution in [0.4, 0.5) is 5.69 Å². The molecule has 3 nitrogen and oxygen atoms in total. The molecule has 0 aliphatic heterocycles. The minimum Gasteiger partial charge on any atom is -0.370 e. The third kappa shape index (κ3) is 3.45. The number of halogens is 1. The van der Waals surface area contributed by atoms with Crippen LogP contribution >= 0.6 is 15.9 Å². The highest BCUT2D eigenvalue weighted by atomic mass is 79.9. The lowest BCUT2D eigenvalue weighted by molar-refractivity contribution is -0.118. The van der Waals surface area contributed by atoms with Crippen LogP contribution in [0.3, 0.4) is 0 Å². The van der Waals surface area contributed by atoms with Gasteiger partial charge in [-0.1, -0.05) is 40.2 Å². The zero-order chi connectivity index (χ0) is 14.8. The molecule has 0 radical (unpaired) electrons. The molecular weight excluding hydrogens is 328 g/mol. The van der Waals surface area contributed by atoms with Gasteiger partial charge in [0.25, 0.3) is 0 Å². The summed E-state index contributed by atoms with van der Waals surface area (Å²) in [4.78, 5) is 11.8. The Kier molecular flexibility index (Phi) is 3.97. The lowest BCUT2D eigenvalue weighted by Gasteiger charge is -2.18. The van der Waals surface area contributed by atoms with Gasteiger partial charge in [-0.05, 0) is 54.2 Å². The van der Waals surface area contributed by atoms with Crippen LogP contribution in [0.1, 0.15) is 35.9 Å². The van der Waals surface area contributed by atoms with Gasteiger partial charge in [0.05, 0.1) is 0 Å². The molecule has 108 valence electrons. The van der Waals surface area contributed by atoms with Crippen LogP contribution in [0.5, 0.6) is 0 Å². The maximum absolute atomic E-state index is 11.8. The molecule has 1 saturated carbocycles. The van der Waals surface area contributed by atoms with Crippen LogP contribution < -0.4 is 11.1 Å². The zero-order valence-corrected chi connectivity index (χ0v) is 13.1. The van der Waals surface area contributed by atoms with Crippen molar-refractivity contribution in [1.82, 2.24) is 0 Å². The molecule has 0 spiro atoms. The van der Waals surface area contributed by atoms with Gasteiger partial charge in [-0.25, -0.2) is 0 Å². The largest absolute Gasteiger partial charge is 0.370 e. The zero-order valence-electron chi connectivity index (χ0n) is 11.6. The van der Waals surface area contributed by atoms with Gasteiger partial charge < -0.3 is 11.1 Å². The third-order valence-electron chi connectivity index (χ3n) is 3.73. The second-order valence-corrected chi connectivity index (χ2v) is 6.35. The molecule has 0 aromatic heterocycles. The second kappa shape index (κ2) is 5.90. The van der Waals surface area contributed by atoms with Gasteiger partial charge in [0, 0.05) is 10.2 Å². The van der Waals surface area contributed by atoms with Crippen LogP contribution in [0.15, 0.2) is 53.0 Å². The van der Waals surface area contributed by atoms with Gasteiger partial charge >= 0.3 is 0 Å².